The second-order valence-electron chi connectivity index (χ2n) is 19.5. The van der Waals surface area contributed by atoms with Crippen molar-refractivity contribution in [2.45, 2.75) is 26.7 Å². The Hall–Kier alpha value is -9.48. The predicted octanol–water partition coefficient (Wildman–Crippen LogP) is 11.2. The Labute approximate surface area is 565 Å². The topological polar surface area (TPSA) is 300 Å². The van der Waals surface area contributed by atoms with E-state index in [2.05, 4.69) is 92.0 Å². The number of para-hydroxylation sites is 10. The Morgan fingerprint density at radius 2 is 0.828 bits per heavy atom. The quantitative estimate of drug-likeness (QED) is 0.0578. The molecule has 0 atom stereocenters. The van der Waals surface area contributed by atoms with Gasteiger partial charge in [0.2, 0.25) is 23.3 Å². The number of hydrogen-bond acceptors (Lipinski definition) is 18. The van der Waals surface area contributed by atoms with Crippen LogP contribution < -0.4 is 5.32 Å². The van der Waals surface area contributed by atoms with Gasteiger partial charge in [-0.25, -0.2) is 54.1 Å². The summed E-state index contributed by atoms with van der Waals surface area (Å²) >= 11 is 14.0. The maximum atomic E-state index is 12.7. The van der Waals surface area contributed by atoms with E-state index in [1.165, 1.54) is 21.3 Å². The molecule has 2 aliphatic rings. The zero-order valence-electron chi connectivity index (χ0n) is 50.4. The molecular weight excluding hydrogens is 1370 g/mol. The maximum absolute atomic E-state index is 12.7. The van der Waals surface area contributed by atoms with Crippen LogP contribution in [0.3, 0.4) is 0 Å². The summed E-state index contributed by atoms with van der Waals surface area (Å²) in [6.45, 7) is 3.11. The lowest BCUT2D eigenvalue weighted by atomic mass is 9.96. The summed E-state index contributed by atoms with van der Waals surface area (Å²) in [4.78, 5) is 101. The molecule has 0 saturated carbocycles. The first-order valence-electron chi connectivity index (χ1n) is 27.4. The number of carbonyl (C=O) groups is 5. The van der Waals surface area contributed by atoms with Gasteiger partial charge in [-0.05, 0) is 65.6 Å². The number of alkyl halides is 1. The summed E-state index contributed by atoms with van der Waals surface area (Å²) in [5.74, 6) is -0.324. The highest BCUT2D eigenvalue weighted by Crippen LogP contribution is 2.31. The number of carbonyl (C=O) groups excluding carboxylic acids is 4. The number of nitrogens with one attached hydrogen (secondary N) is 2. The van der Waals surface area contributed by atoms with Crippen molar-refractivity contribution in [3.05, 3.63) is 197 Å². The normalized spacial score (nSPS) is 11.9. The van der Waals surface area contributed by atoms with Crippen LogP contribution in [0.5, 0.6) is 0 Å². The number of esters is 3. The number of aromatic nitrogens is 14. The molecule has 0 unspecified atom stereocenters. The van der Waals surface area contributed by atoms with Crippen LogP contribution in [-0.2, 0) is 42.4 Å². The van der Waals surface area contributed by atoms with Crippen molar-refractivity contribution in [2.24, 2.45) is 28.2 Å². The molecule has 29 heteroatoms. The number of methoxy groups -OCH3 is 3. The number of aromatic carboxylic acids is 1. The maximum Gasteiger partial charge on any atom is 0.374 e. The summed E-state index contributed by atoms with van der Waals surface area (Å²) in [6, 6.07) is 37.6. The molecule has 9 heterocycles. The van der Waals surface area contributed by atoms with E-state index < -0.39 is 23.9 Å². The van der Waals surface area contributed by atoms with Crippen molar-refractivity contribution in [1.29, 1.82) is 0 Å². The van der Waals surface area contributed by atoms with Gasteiger partial charge in [0.25, 0.3) is 5.91 Å². The third-order valence-electron chi connectivity index (χ3n) is 14.1. The molecule has 2 aliphatic heterocycles. The van der Waals surface area contributed by atoms with Crippen LogP contribution in [0.1, 0.15) is 91.2 Å². The number of aryl methyl sites for hydroxylation is 4. The SMILES string of the molecule is C.C.CI.COC(=O)c1nc2ccccc2[nH]1.COC(=O)c1nc2ccccc2n1C.COC(=O)c1nc2ccccc2n1C.Cl.Clc1nccnc1C1CNC1.Cn1c(C(=O)N2CC(c3nccnc3Cl)C2)nc2ccccc21.Cn1c(C(=O)O)nc2ccccc21. The highest BCUT2D eigenvalue weighted by atomic mass is 127. The van der Waals surface area contributed by atoms with Gasteiger partial charge in [0.05, 0.1) is 87.9 Å². The summed E-state index contributed by atoms with van der Waals surface area (Å²) in [5, 5.41) is 12.9. The Bertz CT molecular complexity index is 4380. The van der Waals surface area contributed by atoms with Crippen LogP contribution >= 0.6 is 58.2 Å². The van der Waals surface area contributed by atoms with E-state index in [0.717, 1.165) is 74.1 Å². The zero-order valence-corrected chi connectivity index (χ0v) is 54.8. The van der Waals surface area contributed by atoms with Crippen LogP contribution in [0.4, 0.5) is 0 Å². The van der Waals surface area contributed by atoms with Gasteiger partial charge in [-0.15, -0.1) is 12.4 Å². The van der Waals surface area contributed by atoms with Crippen molar-refractivity contribution < 1.29 is 43.3 Å². The van der Waals surface area contributed by atoms with Crippen LogP contribution in [-0.4, -0.2) is 160 Å². The van der Waals surface area contributed by atoms with E-state index in [0.29, 0.717) is 52.3 Å². The van der Waals surface area contributed by atoms with Crippen LogP contribution in [0.15, 0.2) is 146 Å². The first-order chi connectivity index (χ1) is 43.5. The van der Waals surface area contributed by atoms with E-state index >= 15 is 0 Å². The minimum atomic E-state index is -1.00. The van der Waals surface area contributed by atoms with E-state index in [-0.39, 0.29) is 50.7 Å². The third kappa shape index (κ3) is 17.4. The fourth-order valence-corrected chi connectivity index (χ4v) is 9.83. The Kier molecular flexibility index (Phi) is 27.8. The number of benzene rings is 5. The van der Waals surface area contributed by atoms with E-state index in [4.69, 9.17) is 28.3 Å². The van der Waals surface area contributed by atoms with Gasteiger partial charge in [0, 0.05) is 91.0 Å². The van der Waals surface area contributed by atoms with E-state index in [9.17, 15) is 24.0 Å². The van der Waals surface area contributed by atoms with Crippen molar-refractivity contribution >= 4 is 143 Å². The number of imidazole rings is 5. The summed E-state index contributed by atoms with van der Waals surface area (Å²) in [6.07, 6.45) is 6.47. The fourth-order valence-electron chi connectivity index (χ4n) is 9.31. The Morgan fingerprint density at radius 1 is 0.484 bits per heavy atom. The van der Waals surface area contributed by atoms with Crippen molar-refractivity contribution in [3.8, 4) is 0 Å². The van der Waals surface area contributed by atoms with Gasteiger partial charge in [-0.1, -0.05) is 121 Å². The number of rotatable bonds is 7. The zero-order chi connectivity index (χ0) is 64.6. The number of hydrogen-bond donors (Lipinski definition) is 3. The molecule has 0 bridgehead atoms. The molecule has 14 rings (SSSR count). The molecule has 0 aliphatic carbocycles. The number of H-pyrrole nitrogens is 1. The first kappa shape index (κ1) is 74.2. The molecule has 25 nitrogen and oxygen atoms in total. The second-order valence-corrected chi connectivity index (χ2v) is 20.3. The second kappa shape index (κ2) is 34.8. The van der Waals surface area contributed by atoms with Crippen LogP contribution in [0.2, 0.25) is 10.3 Å². The van der Waals surface area contributed by atoms with Crippen LogP contribution in [0.25, 0.3) is 55.2 Å². The number of likely N-dealkylation sites (tertiary alicyclic amines) is 1. The minimum absolute atomic E-state index is 0. The molecule has 12 aromatic rings. The van der Waals surface area contributed by atoms with E-state index in [1.54, 1.807) is 70.6 Å². The minimum Gasteiger partial charge on any atom is -0.475 e. The number of halogens is 4. The first-order valence-corrected chi connectivity index (χ1v) is 30.3. The van der Waals surface area contributed by atoms with Crippen molar-refractivity contribution in [3.63, 3.8) is 0 Å². The van der Waals surface area contributed by atoms with Gasteiger partial charge in [-0.2, -0.15) is 0 Å². The number of carboxylic acid groups (broad SMARTS) is 1. The Morgan fingerprint density at radius 3 is 1.19 bits per heavy atom. The van der Waals surface area contributed by atoms with Gasteiger partial charge in [0.15, 0.2) is 16.1 Å². The Balaban J connectivity index is 0.000000203. The lowest BCUT2D eigenvalue weighted by Gasteiger charge is -2.38. The van der Waals surface area contributed by atoms with Crippen LogP contribution in [0, 0.1) is 0 Å². The number of aromatic amines is 1. The number of fused-ring (bicyclic) bond motifs is 5. The monoisotopic (exact) mass is 1440 g/mol. The smallest absolute Gasteiger partial charge is 0.374 e. The molecule has 7 aromatic heterocycles. The molecule has 93 heavy (non-hydrogen) atoms. The molecule has 5 aromatic carbocycles. The average molecular weight is 1440 g/mol. The number of ether oxygens (including phenoxy) is 3. The standard InChI is InChI=1S/C16H14ClN5O.2C10H10N2O2.2C9H8N2O2.C7H8ClN3.CH3I.2CH4.ClH/c1-21-12-5-3-2-4-11(12)20-15(21)16(23)22-8-10(9-22)13-14(17)19-7-6-18-13;2*1-12-8-6-4-3-5-7(8)11-9(12)10(13)14-2;1-13-9(12)8-10-6-4-2-3-5-7(6)11-8;1-11-7-5-3-2-4-6(7)10-8(11)9(12)13;8-7-6(5-3-9-4-5)10-1-2-11-7;1-2;;;/h2-7,10H,8-9H2,1H3;2*3-6H,1-2H3;2-5H,1H3,(H,10,11);2-5H,1H3,(H,12,13);1-2,5,9H,3-4H2;1H3;2*1H4;1H. The molecule has 0 spiro atoms. The fraction of sp³-hybridized carbons (Fsp3) is 0.250. The lowest BCUT2D eigenvalue weighted by Crippen LogP contribution is -2.49. The molecule has 2 saturated heterocycles. The van der Waals surface area contributed by atoms with Crippen molar-refractivity contribution in [2.75, 3.05) is 52.4 Å². The molecule has 0 radical (unpaired) electrons. The highest BCUT2D eigenvalue weighted by Gasteiger charge is 2.36. The van der Waals surface area contributed by atoms with Gasteiger partial charge in [0.1, 0.15) is 0 Å². The van der Waals surface area contributed by atoms with E-state index in [1.807, 2.05) is 132 Å². The van der Waals surface area contributed by atoms with Gasteiger partial charge < -0.3 is 52.8 Å². The van der Waals surface area contributed by atoms with Crippen molar-refractivity contribution in [1.82, 2.24) is 78.3 Å². The number of carboxylic acids is 1. The summed E-state index contributed by atoms with van der Waals surface area (Å²) in [5.41, 5.74) is 10.0. The lowest BCUT2D eigenvalue weighted by molar-refractivity contribution is 0.0574. The molecule has 1 amide bonds. The summed E-state index contributed by atoms with van der Waals surface area (Å²) in [7, 11) is 11.2. The third-order valence-corrected chi connectivity index (χ3v) is 14.7. The van der Waals surface area contributed by atoms with Gasteiger partial charge in [-0.3, -0.25) is 14.8 Å². The highest BCUT2D eigenvalue weighted by molar-refractivity contribution is 14.1. The molecule has 2 fully saturated rings. The predicted molar refractivity (Wildman–Crippen MR) is 369 cm³/mol. The molecular formula is C64H70Cl3IN16O9. The average Bonchev–Trinajstić information content (AvgIpc) is 1.77. The summed E-state index contributed by atoms with van der Waals surface area (Å²) < 4.78 is 20.6. The largest absolute Gasteiger partial charge is 0.475 e. The molecule has 3 N–H and O–H groups in total. The number of amides is 1. The number of nitrogens with zero attached hydrogens (tertiary/aromatic N) is 14. The van der Waals surface area contributed by atoms with Gasteiger partial charge >= 0.3 is 23.9 Å². The molecule has 488 valence electrons.